The highest BCUT2D eigenvalue weighted by atomic mass is 16.5. The number of imidazole rings is 1. The van der Waals surface area contributed by atoms with E-state index in [0.29, 0.717) is 5.82 Å². The van der Waals surface area contributed by atoms with E-state index in [1.807, 2.05) is 91.2 Å². The first-order valence-corrected chi connectivity index (χ1v) is 9.59. The van der Waals surface area contributed by atoms with Crippen LogP contribution in [0.25, 0.3) is 11.0 Å². The van der Waals surface area contributed by atoms with Gasteiger partial charge in [0.2, 0.25) is 5.91 Å². The topological polar surface area (TPSA) is 56.2 Å². The third-order valence-electron chi connectivity index (χ3n) is 4.81. The van der Waals surface area contributed by atoms with Gasteiger partial charge in [-0.05, 0) is 55.3 Å². The highest BCUT2D eigenvalue weighted by Gasteiger charge is 2.15. The van der Waals surface area contributed by atoms with E-state index < -0.39 is 0 Å². The van der Waals surface area contributed by atoms with Crippen molar-refractivity contribution in [3.05, 3.63) is 89.7 Å². The van der Waals surface area contributed by atoms with Crippen molar-refractivity contribution < 1.29 is 9.53 Å². The lowest BCUT2D eigenvalue weighted by Crippen LogP contribution is -2.21. The van der Waals surface area contributed by atoms with Gasteiger partial charge in [-0.15, -0.1) is 0 Å². The van der Waals surface area contributed by atoms with Crippen LogP contribution < -0.4 is 10.1 Å². The number of ether oxygens (including phenoxy) is 1. The predicted octanol–water partition coefficient (Wildman–Crippen LogP) is 4.87. The van der Waals surface area contributed by atoms with Crippen molar-refractivity contribution in [1.29, 1.82) is 0 Å². The van der Waals surface area contributed by atoms with Gasteiger partial charge < -0.3 is 14.6 Å². The zero-order valence-electron chi connectivity index (χ0n) is 16.6. The monoisotopic (exact) mass is 385 g/mol. The zero-order valence-corrected chi connectivity index (χ0v) is 16.6. The summed E-state index contributed by atoms with van der Waals surface area (Å²) >= 11 is 0. The van der Waals surface area contributed by atoms with Crippen molar-refractivity contribution in [2.45, 2.75) is 27.0 Å². The Balaban J connectivity index is 1.58. The fourth-order valence-electron chi connectivity index (χ4n) is 3.28. The summed E-state index contributed by atoms with van der Waals surface area (Å²) in [5.74, 6) is 1.39. The maximum Gasteiger partial charge on any atom is 0.244 e. The highest BCUT2D eigenvalue weighted by molar-refractivity contribution is 5.92. The number of amides is 1. The van der Waals surface area contributed by atoms with E-state index in [0.717, 1.165) is 33.6 Å². The van der Waals surface area contributed by atoms with Crippen LogP contribution in [0.3, 0.4) is 0 Å². The molecule has 0 unspecified atom stereocenters. The largest absolute Gasteiger partial charge is 0.486 e. The average Bonchev–Trinajstić information content (AvgIpc) is 3.07. The smallest absolute Gasteiger partial charge is 0.244 e. The first kappa shape index (κ1) is 18.7. The molecule has 3 aromatic carbocycles. The number of benzene rings is 3. The number of fused-ring (bicyclic) bond motifs is 1. The minimum absolute atomic E-state index is 0.0946. The Bertz CT molecular complexity index is 1150. The molecule has 5 heteroatoms. The van der Waals surface area contributed by atoms with Crippen LogP contribution in [0.2, 0.25) is 0 Å². The molecule has 0 radical (unpaired) electrons. The van der Waals surface area contributed by atoms with Gasteiger partial charge >= 0.3 is 0 Å². The van der Waals surface area contributed by atoms with E-state index >= 15 is 0 Å². The summed E-state index contributed by atoms with van der Waals surface area (Å²) in [4.78, 5) is 17.5. The number of anilines is 1. The number of rotatable bonds is 6. The minimum atomic E-state index is -0.0946. The van der Waals surface area contributed by atoms with Crippen LogP contribution in [0.4, 0.5) is 5.69 Å². The lowest BCUT2D eigenvalue weighted by atomic mass is 10.1. The molecule has 5 nitrogen and oxygen atoms in total. The van der Waals surface area contributed by atoms with E-state index in [4.69, 9.17) is 4.74 Å². The van der Waals surface area contributed by atoms with Crippen LogP contribution in [0.5, 0.6) is 5.75 Å². The summed E-state index contributed by atoms with van der Waals surface area (Å²) in [5, 5.41) is 3.03. The van der Waals surface area contributed by atoms with E-state index in [9.17, 15) is 4.79 Å². The maximum atomic E-state index is 12.8. The zero-order chi connectivity index (χ0) is 20.2. The fraction of sp³-hybridized carbons (Fsp3) is 0.167. The van der Waals surface area contributed by atoms with Gasteiger partial charge in [-0.2, -0.15) is 0 Å². The second kappa shape index (κ2) is 8.19. The molecule has 0 aliphatic heterocycles. The van der Waals surface area contributed by atoms with Crippen LogP contribution in [-0.4, -0.2) is 15.5 Å². The molecule has 0 bridgehead atoms. The molecule has 29 heavy (non-hydrogen) atoms. The second-order valence-corrected chi connectivity index (χ2v) is 7.07. The van der Waals surface area contributed by atoms with Crippen molar-refractivity contribution in [3.63, 3.8) is 0 Å². The van der Waals surface area contributed by atoms with Gasteiger partial charge in [-0.25, -0.2) is 4.98 Å². The van der Waals surface area contributed by atoms with Crippen molar-refractivity contribution in [2.75, 3.05) is 5.32 Å². The number of hydrogen-bond donors (Lipinski definition) is 1. The molecule has 4 aromatic rings. The fourth-order valence-corrected chi connectivity index (χ4v) is 3.28. The molecule has 1 aromatic heterocycles. The summed E-state index contributed by atoms with van der Waals surface area (Å²) < 4.78 is 7.80. The average molecular weight is 385 g/mol. The number of carbonyl (C=O) groups excluding carboxylic acids is 1. The number of nitrogens with one attached hydrogen (secondary N) is 1. The van der Waals surface area contributed by atoms with Crippen LogP contribution in [0.1, 0.15) is 17.0 Å². The highest BCUT2D eigenvalue weighted by Crippen LogP contribution is 2.20. The Morgan fingerprint density at radius 2 is 1.76 bits per heavy atom. The SMILES string of the molecule is Cc1ccc(C)c(NC(=O)Cn2c(COc3ccccc3)nc3ccccc32)c1. The summed E-state index contributed by atoms with van der Waals surface area (Å²) in [5.41, 5.74) is 4.73. The van der Waals surface area contributed by atoms with E-state index in [2.05, 4.69) is 10.3 Å². The van der Waals surface area contributed by atoms with Gasteiger partial charge in [0, 0.05) is 5.69 Å². The molecule has 0 aliphatic carbocycles. The van der Waals surface area contributed by atoms with E-state index in [1.165, 1.54) is 0 Å². The molecular weight excluding hydrogens is 362 g/mol. The third-order valence-corrected chi connectivity index (χ3v) is 4.81. The second-order valence-electron chi connectivity index (χ2n) is 7.07. The van der Waals surface area contributed by atoms with Crippen molar-refractivity contribution in [1.82, 2.24) is 9.55 Å². The first-order chi connectivity index (χ1) is 14.1. The molecule has 0 saturated carbocycles. The number of aromatic nitrogens is 2. The van der Waals surface area contributed by atoms with Crippen LogP contribution in [0, 0.1) is 13.8 Å². The van der Waals surface area contributed by atoms with Crippen LogP contribution in [-0.2, 0) is 17.9 Å². The van der Waals surface area contributed by atoms with E-state index in [-0.39, 0.29) is 19.1 Å². The Morgan fingerprint density at radius 3 is 2.59 bits per heavy atom. The van der Waals surface area contributed by atoms with Crippen molar-refractivity contribution in [3.8, 4) is 5.75 Å². The molecule has 146 valence electrons. The maximum absolute atomic E-state index is 12.8. The third kappa shape index (κ3) is 4.29. The molecule has 4 rings (SSSR count). The molecule has 1 amide bonds. The normalized spacial score (nSPS) is 10.8. The number of carbonyl (C=O) groups is 1. The Morgan fingerprint density at radius 1 is 1.00 bits per heavy atom. The lowest BCUT2D eigenvalue weighted by molar-refractivity contribution is -0.116. The summed E-state index contributed by atoms with van der Waals surface area (Å²) in [6, 6.07) is 23.4. The molecule has 0 saturated heterocycles. The van der Waals surface area contributed by atoms with Gasteiger partial charge in [0.15, 0.2) is 0 Å². The van der Waals surface area contributed by atoms with Gasteiger partial charge in [0.05, 0.1) is 11.0 Å². The molecule has 0 spiro atoms. The molecule has 0 atom stereocenters. The Kier molecular flexibility index (Phi) is 5.29. The number of nitrogens with zero attached hydrogens (tertiary/aromatic N) is 2. The Hall–Kier alpha value is -3.60. The summed E-state index contributed by atoms with van der Waals surface area (Å²) in [6.07, 6.45) is 0. The molecule has 1 heterocycles. The number of para-hydroxylation sites is 3. The van der Waals surface area contributed by atoms with Gasteiger partial charge in [0.25, 0.3) is 0 Å². The van der Waals surface area contributed by atoms with Crippen LogP contribution >= 0.6 is 0 Å². The lowest BCUT2D eigenvalue weighted by Gasteiger charge is -2.12. The van der Waals surface area contributed by atoms with Crippen molar-refractivity contribution >= 4 is 22.6 Å². The standard InChI is InChI=1S/C24H23N3O2/c1-17-12-13-18(2)21(14-17)26-24(28)15-27-22-11-7-6-10-20(22)25-23(27)16-29-19-8-4-3-5-9-19/h3-14H,15-16H2,1-2H3,(H,26,28). The summed E-state index contributed by atoms with van der Waals surface area (Å²) in [6.45, 7) is 4.45. The first-order valence-electron chi connectivity index (χ1n) is 9.59. The molecular formula is C24H23N3O2. The molecule has 1 N–H and O–H groups in total. The molecule has 0 fully saturated rings. The van der Waals surface area contributed by atoms with Gasteiger partial charge in [0.1, 0.15) is 24.7 Å². The minimum Gasteiger partial charge on any atom is -0.486 e. The van der Waals surface area contributed by atoms with Crippen LogP contribution in [0.15, 0.2) is 72.8 Å². The van der Waals surface area contributed by atoms with Gasteiger partial charge in [-0.1, -0.05) is 42.5 Å². The predicted molar refractivity (Wildman–Crippen MR) is 115 cm³/mol. The van der Waals surface area contributed by atoms with E-state index in [1.54, 1.807) is 0 Å². The summed E-state index contributed by atoms with van der Waals surface area (Å²) in [7, 11) is 0. The van der Waals surface area contributed by atoms with Gasteiger partial charge in [-0.3, -0.25) is 4.79 Å². The quantitative estimate of drug-likeness (QED) is 0.515. The van der Waals surface area contributed by atoms with Crippen molar-refractivity contribution in [2.24, 2.45) is 0 Å². The number of hydrogen-bond acceptors (Lipinski definition) is 3. The Labute approximate surface area is 170 Å². The number of aryl methyl sites for hydroxylation is 2. The molecule has 0 aliphatic rings.